The van der Waals surface area contributed by atoms with E-state index in [2.05, 4.69) is 5.32 Å². The van der Waals surface area contributed by atoms with Gasteiger partial charge in [0.2, 0.25) is 0 Å². The number of methoxy groups -OCH3 is 1. The van der Waals surface area contributed by atoms with Gasteiger partial charge in [0.15, 0.2) is 0 Å². The van der Waals surface area contributed by atoms with Crippen molar-refractivity contribution in [2.75, 3.05) is 13.7 Å². The maximum absolute atomic E-state index is 11.6. The molecule has 1 amide bonds. The van der Waals surface area contributed by atoms with Gasteiger partial charge >= 0.3 is 6.09 Å². The Morgan fingerprint density at radius 1 is 1.14 bits per heavy atom. The maximum Gasteiger partial charge on any atom is 0.407 e. The predicted molar refractivity (Wildman–Crippen MR) is 82.6 cm³/mol. The zero-order valence-corrected chi connectivity index (χ0v) is 12.4. The third kappa shape index (κ3) is 4.79. The van der Waals surface area contributed by atoms with E-state index in [4.69, 9.17) is 9.47 Å². The highest BCUT2D eigenvalue weighted by molar-refractivity contribution is 5.67. The number of rotatable bonds is 6. The van der Waals surface area contributed by atoms with Crippen molar-refractivity contribution in [1.82, 2.24) is 5.32 Å². The molecule has 0 spiro atoms. The highest BCUT2D eigenvalue weighted by atomic mass is 16.5. The highest BCUT2D eigenvalue weighted by Gasteiger charge is 2.10. The summed E-state index contributed by atoms with van der Waals surface area (Å²) >= 11 is 0. The minimum absolute atomic E-state index is 0.0833. The normalized spacial score (nSPS) is 11.5. The molecule has 5 heteroatoms. The van der Waals surface area contributed by atoms with Crippen LogP contribution in [0.4, 0.5) is 4.79 Å². The number of amides is 1. The van der Waals surface area contributed by atoms with E-state index in [0.717, 1.165) is 5.56 Å². The molecule has 5 nitrogen and oxygen atoms in total. The van der Waals surface area contributed by atoms with Gasteiger partial charge in [0.1, 0.15) is 12.4 Å². The fraction of sp³-hybridized carbons (Fsp3) is 0.235. The van der Waals surface area contributed by atoms with Crippen LogP contribution >= 0.6 is 0 Å². The molecule has 0 radical (unpaired) electrons. The van der Waals surface area contributed by atoms with Crippen LogP contribution < -0.4 is 10.1 Å². The van der Waals surface area contributed by atoms with E-state index in [1.165, 1.54) is 0 Å². The molecule has 1 atom stereocenters. The van der Waals surface area contributed by atoms with Gasteiger partial charge in [-0.25, -0.2) is 4.79 Å². The monoisotopic (exact) mass is 301 g/mol. The van der Waals surface area contributed by atoms with E-state index in [9.17, 15) is 9.90 Å². The van der Waals surface area contributed by atoms with Crippen LogP contribution in [0.25, 0.3) is 0 Å². The van der Waals surface area contributed by atoms with Gasteiger partial charge in [0.05, 0.1) is 19.8 Å². The number of hydrogen-bond acceptors (Lipinski definition) is 4. The summed E-state index contributed by atoms with van der Waals surface area (Å²) in [6.45, 7) is 0.283. The van der Waals surface area contributed by atoms with Crippen LogP contribution in [0.1, 0.15) is 17.2 Å². The van der Waals surface area contributed by atoms with Crippen LogP contribution in [-0.4, -0.2) is 24.9 Å². The molecule has 2 N–H and O–H groups in total. The summed E-state index contributed by atoms with van der Waals surface area (Å²) in [6.07, 6.45) is -1.36. The Morgan fingerprint density at radius 3 is 2.45 bits per heavy atom. The SMILES string of the molecule is COc1ccc(C(O)CNC(=O)OCc2ccccc2)cc1. The molecular formula is C17H19NO4. The Balaban J connectivity index is 1.75. The molecule has 0 saturated carbocycles. The summed E-state index contributed by atoms with van der Waals surface area (Å²) in [4.78, 5) is 11.6. The Labute approximate surface area is 129 Å². The van der Waals surface area contributed by atoms with E-state index in [1.54, 1.807) is 31.4 Å². The number of hydrogen-bond donors (Lipinski definition) is 2. The van der Waals surface area contributed by atoms with Crippen LogP contribution in [0, 0.1) is 0 Å². The van der Waals surface area contributed by atoms with Gasteiger partial charge in [-0.15, -0.1) is 0 Å². The van der Waals surface area contributed by atoms with Crippen molar-refractivity contribution in [3.63, 3.8) is 0 Å². The number of carbonyl (C=O) groups excluding carboxylic acids is 1. The van der Waals surface area contributed by atoms with Crippen molar-refractivity contribution in [3.05, 3.63) is 65.7 Å². The van der Waals surface area contributed by atoms with Crippen molar-refractivity contribution in [1.29, 1.82) is 0 Å². The first-order chi connectivity index (χ1) is 10.7. The van der Waals surface area contributed by atoms with E-state index < -0.39 is 12.2 Å². The Hall–Kier alpha value is -2.53. The van der Waals surface area contributed by atoms with Crippen molar-refractivity contribution in [2.24, 2.45) is 0 Å². The topological polar surface area (TPSA) is 67.8 Å². The lowest BCUT2D eigenvalue weighted by Gasteiger charge is -2.13. The molecule has 116 valence electrons. The lowest BCUT2D eigenvalue weighted by atomic mass is 10.1. The molecule has 0 aliphatic carbocycles. The molecule has 0 heterocycles. The van der Waals surface area contributed by atoms with E-state index in [1.807, 2.05) is 30.3 Å². The lowest BCUT2D eigenvalue weighted by molar-refractivity contribution is 0.126. The summed E-state index contributed by atoms with van der Waals surface area (Å²) in [7, 11) is 1.58. The molecule has 22 heavy (non-hydrogen) atoms. The van der Waals surface area contributed by atoms with Gasteiger partial charge < -0.3 is 19.9 Å². The summed E-state index contributed by atoms with van der Waals surface area (Å²) < 4.78 is 10.1. The molecule has 0 aliphatic rings. The fourth-order valence-corrected chi connectivity index (χ4v) is 1.90. The molecule has 2 aromatic rings. The van der Waals surface area contributed by atoms with Crippen LogP contribution in [0.5, 0.6) is 5.75 Å². The number of ether oxygens (including phenoxy) is 2. The van der Waals surface area contributed by atoms with Gasteiger partial charge in [-0.1, -0.05) is 42.5 Å². The second-order valence-corrected chi connectivity index (χ2v) is 4.73. The highest BCUT2D eigenvalue weighted by Crippen LogP contribution is 2.16. The van der Waals surface area contributed by atoms with Crippen LogP contribution in [0.2, 0.25) is 0 Å². The minimum Gasteiger partial charge on any atom is -0.497 e. The van der Waals surface area contributed by atoms with Gasteiger partial charge in [0, 0.05) is 0 Å². The molecule has 2 aromatic carbocycles. The van der Waals surface area contributed by atoms with E-state index in [-0.39, 0.29) is 13.2 Å². The third-order valence-corrected chi connectivity index (χ3v) is 3.15. The molecule has 0 saturated heterocycles. The van der Waals surface area contributed by atoms with Gasteiger partial charge in [-0.3, -0.25) is 0 Å². The Bertz CT molecular complexity index is 583. The first-order valence-electron chi connectivity index (χ1n) is 6.95. The quantitative estimate of drug-likeness (QED) is 0.860. The summed E-state index contributed by atoms with van der Waals surface area (Å²) in [6, 6.07) is 16.4. The lowest BCUT2D eigenvalue weighted by Crippen LogP contribution is -2.28. The van der Waals surface area contributed by atoms with Gasteiger partial charge in [0.25, 0.3) is 0 Å². The summed E-state index contributed by atoms with van der Waals surface area (Å²) in [5, 5.41) is 12.5. The largest absolute Gasteiger partial charge is 0.497 e. The zero-order valence-electron chi connectivity index (χ0n) is 12.4. The van der Waals surface area contributed by atoms with E-state index >= 15 is 0 Å². The number of benzene rings is 2. The Morgan fingerprint density at radius 2 is 1.82 bits per heavy atom. The molecule has 0 aromatic heterocycles. The number of aliphatic hydroxyl groups excluding tert-OH is 1. The summed E-state index contributed by atoms with van der Waals surface area (Å²) in [5.41, 5.74) is 1.61. The van der Waals surface area contributed by atoms with Gasteiger partial charge in [-0.05, 0) is 23.3 Å². The molecule has 2 rings (SSSR count). The Kier molecular flexibility index (Phi) is 5.80. The average molecular weight is 301 g/mol. The zero-order chi connectivity index (χ0) is 15.8. The molecular weight excluding hydrogens is 282 g/mol. The van der Waals surface area contributed by atoms with Crippen molar-refractivity contribution >= 4 is 6.09 Å². The molecule has 1 unspecified atom stereocenters. The van der Waals surface area contributed by atoms with E-state index in [0.29, 0.717) is 11.3 Å². The first kappa shape index (κ1) is 15.9. The number of aliphatic hydroxyl groups is 1. The van der Waals surface area contributed by atoms with Gasteiger partial charge in [-0.2, -0.15) is 0 Å². The van der Waals surface area contributed by atoms with Crippen molar-refractivity contribution in [3.8, 4) is 5.75 Å². The average Bonchev–Trinajstić information content (AvgIpc) is 2.58. The van der Waals surface area contributed by atoms with Crippen LogP contribution in [0.15, 0.2) is 54.6 Å². The molecule has 0 aliphatic heterocycles. The van der Waals surface area contributed by atoms with Crippen molar-refractivity contribution < 1.29 is 19.4 Å². The predicted octanol–water partition coefficient (Wildman–Crippen LogP) is 2.66. The first-order valence-corrected chi connectivity index (χ1v) is 6.95. The number of nitrogens with one attached hydrogen (secondary N) is 1. The van der Waals surface area contributed by atoms with Crippen LogP contribution in [-0.2, 0) is 11.3 Å². The van der Waals surface area contributed by atoms with Crippen LogP contribution in [0.3, 0.4) is 0 Å². The second-order valence-electron chi connectivity index (χ2n) is 4.73. The van der Waals surface area contributed by atoms with Crippen molar-refractivity contribution in [2.45, 2.75) is 12.7 Å². The third-order valence-electron chi connectivity index (χ3n) is 3.15. The standard InChI is InChI=1S/C17H19NO4/c1-21-15-9-7-14(8-10-15)16(19)11-18-17(20)22-12-13-5-3-2-4-6-13/h2-10,16,19H,11-12H2,1H3,(H,18,20). The fourth-order valence-electron chi connectivity index (χ4n) is 1.90. The second kappa shape index (κ2) is 8.05. The number of alkyl carbamates (subject to hydrolysis) is 1. The smallest absolute Gasteiger partial charge is 0.407 e. The minimum atomic E-state index is -0.796. The summed E-state index contributed by atoms with van der Waals surface area (Å²) in [5.74, 6) is 0.714. The molecule has 0 fully saturated rings. The maximum atomic E-state index is 11.6. The number of carbonyl (C=O) groups is 1. The molecule has 0 bridgehead atoms.